The van der Waals surface area contributed by atoms with E-state index in [4.69, 9.17) is 0 Å². The number of nitrogens with zero attached hydrogens (tertiary/aromatic N) is 2. The van der Waals surface area contributed by atoms with E-state index >= 15 is 0 Å². The molecule has 3 saturated heterocycles. The van der Waals surface area contributed by atoms with E-state index in [1.165, 1.54) is 11.3 Å². The Bertz CT molecular complexity index is 517. The lowest BCUT2D eigenvalue weighted by molar-refractivity contribution is -0.146. The highest BCUT2D eigenvalue weighted by atomic mass is 35.5. The number of rotatable bonds is 2. The van der Waals surface area contributed by atoms with Gasteiger partial charge in [-0.25, -0.2) is 0 Å². The predicted molar refractivity (Wildman–Crippen MR) is 90.6 cm³/mol. The van der Waals surface area contributed by atoms with Crippen molar-refractivity contribution in [3.63, 3.8) is 0 Å². The van der Waals surface area contributed by atoms with Gasteiger partial charge in [0.15, 0.2) is 0 Å². The molecular weight excluding hydrogens is 330 g/mol. The Morgan fingerprint density at radius 3 is 2.25 bits per heavy atom. The molecule has 3 aliphatic heterocycles. The van der Waals surface area contributed by atoms with Gasteiger partial charge in [0.1, 0.15) is 6.54 Å². The van der Waals surface area contributed by atoms with Crippen molar-refractivity contribution in [3.05, 3.63) is 0 Å². The zero-order valence-corrected chi connectivity index (χ0v) is 14.7. The molecule has 0 radical (unpaired) electrons. The second-order valence-corrected chi connectivity index (χ2v) is 7.53. The first kappa shape index (κ1) is 17.7. The molecule has 1 saturated carbocycles. The standard InChI is InChI=1S/C17H25N3O3.ClH/c21-15(19-8-7-11-5-6-12(9-19)18-11)10-20-16(22)13-3-1-2-4-14(13)17(20)23;/h11-14,18H,1-10H2;1H. The third-order valence-corrected chi connectivity index (χ3v) is 6.10. The number of hydrogen-bond donors (Lipinski definition) is 1. The highest BCUT2D eigenvalue weighted by molar-refractivity contribution is 6.07. The fourth-order valence-corrected chi connectivity index (χ4v) is 4.79. The van der Waals surface area contributed by atoms with E-state index in [-0.39, 0.29) is 48.5 Å². The fraction of sp³-hybridized carbons (Fsp3) is 0.824. The van der Waals surface area contributed by atoms with Gasteiger partial charge in [0.05, 0.1) is 11.8 Å². The Kier molecular flexibility index (Phi) is 5.16. The molecule has 7 heteroatoms. The summed E-state index contributed by atoms with van der Waals surface area (Å²) in [6.07, 6.45) is 6.91. The molecule has 1 N–H and O–H groups in total. The average Bonchev–Trinajstić information content (AvgIpc) is 3.00. The number of nitrogens with one attached hydrogen (secondary N) is 1. The molecule has 3 amide bonds. The van der Waals surface area contributed by atoms with Gasteiger partial charge < -0.3 is 10.2 Å². The van der Waals surface area contributed by atoms with Gasteiger partial charge in [-0.05, 0) is 32.1 Å². The molecule has 4 fully saturated rings. The Labute approximate surface area is 148 Å². The maximum absolute atomic E-state index is 12.6. The second kappa shape index (κ2) is 7.00. The topological polar surface area (TPSA) is 69.7 Å². The van der Waals surface area contributed by atoms with Gasteiger partial charge in [0.2, 0.25) is 17.7 Å². The maximum Gasteiger partial charge on any atom is 0.242 e. The third-order valence-electron chi connectivity index (χ3n) is 6.10. The molecule has 4 rings (SSSR count). The molecule has 134 valence electrons. The Hall–Kier alpha value is -1.14. The van der Waals surface area contributed by atoms with E-state index in [2.05, 4.69) is 5.32 Å². The van der Waals surface area contributed by atoms with Gasteiger partial charge in [-0.2, -0.15) is 0 Å². The summed E-state index contributed by atoms with van der Waals surface area (Å²) in [6, 6.07) is 0.898. The molecular formula is C17H26ClN3O3. The van der Waals surface area contributed by atoms with Crippen molar-refractivity contribution in [3.8, 4) is 0 Å². The van der Waals surface area contributed by atoms with Crippen LogP contribution in [0.2, 0.25) is 0 Å². The van der Waals surface area contributed by atoms with Crippen molar-refractivity contribution in [2.45, 2.75) is 57.0 Å². The van der Waals surface area contributed by atoms with Crippen molar-refractivity contribution >= 4 is 30.1 Å². The van der Waals surface area contributed by atoms with Gasteiger partial charge in [-0.15, -0.1) is 12.4 Å². The van der Waals surface area contributed by atoms with Crippen LogP contribution in [0.3, 0.4) is 0 Å². The SMILES string of the molecule is Cl.O=C(CN1C(=O)C2CCCCC2C1=O)N1CCC2CCC(C1)N2. The highest BCUT2D eigenvalue weighted by Crippen LogP contribution is 2.38. The van der Waals surface area contributed by atoms with Gasteiger partial charge in [-0.1, -0.05) is 12.8 Å². The molecule has 6 nitrogen and oxygen atoms in total. The molecule has 0 aromatic heterocycles. The first-order chi connectivity index (χ1) is 11.1. The average molecular weight is 356 g/mol. The minimum absolute atomic E-state index is 0. The number of carbonyl (C=O) groups is 3. The van der Waals surface area contributed by atoms with E-state index < -0.39 is 0 Å². The smallest absolute Gasteiger partial charge is 0.242 e. The number of fused-ring (bicyclic) bond motifs is 3. The number of amides is 3. The monoisotopic (exact) mass is 355 g/mol. The lowest BCUT2D eigenvalue weighted by atomic mass is 9.81. The van der Waals surface area contributed by atoms with Crippen LogP contribution in [0.4, 0.5) is 0 Å². The van der Waals surface area contributed by atoms with Gasteiger partial charge >= 0.3 is 0 Å². The first-order valence-corrected chi connectivity index (χ1v) is 9.02. The number of carbonyl (C=O) groups excluding carboxylic acids is 3. The van der Waals surface area contributed by atoms with Crippen molar-refractivity contribution in [2.75, 3.05) is 19.6 Å². The van der Waals surface area contributed by atoms with Crippen LogP contribution < -0.4 is 5.32 Å². The van der Waals surface area contributed by atoms with Crippen LogP contribution in [0.5, 0.6) is 0 Å². The summed E-state index contributed by atoms with van der Waals surface area (Å²) < 4.78 is 0. The largest absolute Gasteiger partial charge is 0.340 e. The summed E-state index contributed by atoms with van der Waals surface area (Å²) >= 11 is 0. The summed E-state index contributed by atoms with van der Waals surface area (Å²) in [6.45, 7) is 1.39. The van der Waals surface area contributed by atoms with Crippen molar-refractivity contribution in [2.24, 2.45) is 11.8 Å². The van der Waals surface area contributed by atoms with Gasteiger partial charge in [0, 0.05) is 25.2 Å². The zero-order valence-electron chi connectivity index (χ0n) is 13.9. The lowest BCUT2D eigenvalue weighted by Gasteiger charge is -2.26. The molecule has 24 heavy (non-hydrogen) atoms. The van der Waals surface area contributed by atoms with Crippen LogP contribution in [0, 0.1) is 11.8 Å². The minimum Gasteiger partial charge on any atom is -0.340 e. The molecule has 1 aliphatic carbocycles. The summed E-state index contributed by atoms with van der Waals surface area (Å²) in [7, 11) is 0. The Morgan fingerprint density at radius 2 is 1.58 bits per heavy atom. The summed E-state index contributed by atoms with van der Waals surface area (Å²) in [5.41, 5.74) is 0. The molecule has 0 aromatic carbocycles. The van der Waals surface area contributed by atoms with Crippen LogP contribution in [0.15, 0.2) is 0 Å². The summed E-state index contributed by atoms with van der Waals surface area (Å²) in [5.74, 6) is -0.610. The maximum atomic E-state index is 12.6. The van der Waals surface area contributed by atoms with Crippen molar-refractivity contribution in [1.29, 1.82) is 0 Å². The van der Waals surface area contributed by atoms with E-state index in [9.17, 15) is 14.4 Å². The van der Waals surface area contributed by atoms with E-state index in [1.54, 1.807) is 0 Å². The second-order valence-electron chi connectivity index (χ2n) is 7.53. The number of hydrogen-bond acceptors (Lipinski definition) is 4. The van der Waals surface area contributed by atoms with Crippen LogP contribution in [-0.4, -0.2) is 59.2 Å². The van der Waals surface area contributed by atoms with Crippen LogP contribution in [0.1, 0.15) is 44.9 Å². The van der Waals surface area contributed by atoms with E-state index in [0.717, 1.165) is 45.1 Å². The molecule has 2 bridgehead atoms. The highest BCUT2D eigenvalue weighted by Gasteiger charge is 2.48. The molecule has 0 aromatic rings. The van der Waals surface area contributed by atoms with Gasteiger partial charge in [-0.3, -0.25) is 19.3 Å². The zero-order chi connectivity index (χ0) is 16.0. The predicted octanol–water partition coefficient (Wildman–Crippen LogP) is 0.936. The molecule has 4 aliphatic rings. The Balaban J connectivity index is 0.00000169. The fourth-order valence-electron chi connectivity index (χ4n) is 4.79. The lowest BCUT2D eigenvalue weighted by Crippen LogP contribution is -2.46. The third kappa shape index (κ3) is 3.06. The first-order valence-electron chi connectivity index (χ1n) is 9.02. The van der Waals surface area contributed by atoms with Gasteiger partial charge in [0.25, 0.3) is 0 Å². The quantitative estimate of drug-likeness (QED) is 0.748. The van der Waals surface area contributed by atoms with E-state index in [0.29, 0.717) is 18.6 Å². The molecule has 0 spiro atoms. The van der Waals surface area contributed by atoms with Crippen molar-refractivity contribution < 1.29 is 14.4 Å². The minimum atomic E-state index is -0.161. The number of imide groups is 1. The number of likely N-dealkylation sites (tertiary alicyclic amines) is 2. The van der Waals surface area contributed by atoms with Crippen LogP contribution >= 0.6 is 12.4 Å². The molecule has 3 heterocycles. The molecule has 4 unspecified atom stereocenters. The van der Waals surface area contributed by atoms with Crippen LogP contribution in [-0.2, 0) is 14.4 Å². The Morgan fingerprint density at radius 1 is 0.958 bits per heavy atom. The van der Waals surface area contributed by atoms with Crippen molar-refractivity contribution in [1.82, 2.24) is 15.1 Å². The number of halogens is 1. The normalized spacial score (nSPS) is 35.5. The summed E-state index contributed by atoms with van der Waals surface area (Å²) in [5, 5.41) is 3.55. The summed E-state index contributed by atoms with van der Waals surface area (Å²) in [4.78, 5) is 40.7. The van der Waals surface area contributed by atoms with E-state index in [1.807, 2.05) is 4.90 Å². The molecule has 4 atom stereocenters. The van der Waals surface area contributed by atoms with Crippen LogP contribution in [0.25, 0.3) is 0 Å².